The first kappa shape index (κ1) is 26.2. The third kappa shape index (κ3) is 10.5. The van der Waals surface area contributed by atoms with Gasteiger partial charge in [0.05, 0.1) is 18.9 Å². The summed E-state index contributed by atoms with van der Waals surface area (Å²) in [6, 6.07) is 9.22. The number of hydrogen-bond donors (Lipinski definition) is 2. The number of benzene rings is 1. The first-order valence-electron chi connectivity index (χ1n) is 11.0. The third-order valence-electron chi connectivity index (χ3n) is 5.17. The number of hydrogen-bond acceptors (Lipinski definition) is 8. The van der Waals surface area contributed by atoms with Crippen molar-refractivity contribution < 1.29 is 38.0 Å². The Bertz CT molecular complexity index is 739. The summed E-state index contributed by atoms with van der Waals surface area (Å²) in [6.45, 7) is 1.26. The molecule has 32 heavy (non-hydrogen) atoms. The summed E-state index contributed by atoms with van der Waals surface area (Å²) >= 11 is 0. The number of alkyl carbamates (subject to hydrolysis) is 1. The molecule has 1 aliphatic carbocycles. The second kappa shape index (κ2) is 14.1. The van der Waals surface area contributed by atoms with E-state index in [1.165, 1.54) is 0 Å². The maximum atomic E-state index is 13.4. The Labute approximate surface area is 189 Å². The highest BCUT2D eigenvalue weighted by Crippen LogP contribution is 2.51. The van der Waals surface area contributed by atoms with Gasteiger partial charge in [-0.2, -0.15) is 0 Å². The molecule has 9 nitrogen and oxygen atoms in total. The molecule has 0 spiro atoms. The molecule has 2 atom stereocenters. The van der Waals surface area contributed by atoms with E-state index in [4.69, 9.17) is 14.0 Å². The van der Waals surface area contributed by atoms with E-state index in [-0.39, 0.29) is 31.8 Å². The number of aliphatic hydroxyl groups is 1. The Morgan fingerprint density at radius 3 is 2.53 bits per heavy atom. The van der Waals surface area contributed by atoms with Crippen molar-refractivity contribution >= 4 is 19.6 Å². The van der Waals surface area contributed by atoms with Crippen LogP contribution in [-0.4, -0.2) is 55.7 Å². The number of rotatable bonds is 12. The van der Waals surface area contributed by atoms with E-state index in [0.717, 1.165) is 37.7 Å². The van der Waals surface area contributed by atoms with Crippen molar-refractivity contribution in [1.82, 2.24) is 5.32 Å². The quantitative estimate of drug-likeness (QED) is 0.263. The van der Waals surface area contributed by atoms with Gasteiger partial charge < -0.3 is 24.6 Å². The van der Waals surface area contributed by atoms with Gasteiger partial charge in [-0.05, 0) is 31.2 Å². The fourth-order valence-electron chi connectivity index (χ4n) is 3.63. The van der Waals surface area contributed by atoms with Crippen LogP contribution in [-0.2, 0) is 29.9 Å². The molecule has 0 bridgehead atoms. The average molecular weight is 471 g/mol. The zero-order valence-corrected chi connectivity index (χ0v) is 19.5. The van der Waals surface area contributed by atoms with E-state index in [0.29, 0.717) is 6.16 Å². The molecule has 0 radical (unpaired) electrons. The standard InChI is InChI=1S/C22H34NO8P/c1-2-28-22(26)30-17-31-32(27,15-19-11-7-4-8-12-19)16-20(24)13-23-21(25)29-14-18-9-5-3-6-10-18/h3,5-6,9-10,19-20,24H,2,4,7-8,11-17H2,1H3,(H,23,25). The largest absolute Gasteiger partial charge is 0.510 e. The lowest BCUT2D eigenvalue weighted by atomic mass is 9.91. The molecular formula is C22H34NO8P. The van der Waals surface area contributed by atoms with E-state index in [9.17, 15) is 19.3 Å². The zero-order chi connectivity index (χ0) is 23.2. The van der Waals surface area contributed by atoms with Crippen LogP contribution in [0, 0.1) is 5.92 Å². The van der Waals surface area contributed by atoms with Crippen molar-refractivity contribution in [2.75, 3.05) is 32.3 Å². The van der Waals surface area contributed by atoms with Crippen molar-refractivity contribution in [1.29, 1.82) is 0 Å². The number of nitrogens with one attached hydrogen (secondary N) is 1. The normalized spacial score (nSPS) is 17.1. The van der Waals surface area contributed by atoms with E-state index in [2.05, 4.69) is 10.1 Å². The molecule has 1 saturated carbocycles. The zero-order valence-electron chi connectivity index (χ0n) is 18.6. The fraction of sp³-hybridized carbons (Fsp3) is 0.636. The Morgan fingerprint density at radius 1 is 1.12 bits per heavy atom. The summed E-state index contributed by atoms with van der Waals surface area (Å²) in [4.78, 5) is 23.3. The highest BCUT2D eigenvalue weighted by Gasteiger charge is 2.32. The monoisotopic (exact) mass is 471 g/mol. The van der Waals surface area contributed by atoms with Crippen LogP contribution in [0.1, 0.15) is 44.6 Å². The van der Waals surface area contributed by atoms with Gasteiger partial charge in [0.1, 0.15) is 6.61 Å². The minimum atomic E-state index is -3.32. The highest BCUT2D eigenvalue weighted by atomic mass is 31.2. The van der Waals surface area contributed by atoms with Gasteiger partial charge >= 0.3 is 12.2 Å². The molecule has 0 heterocycles. The van der Waals surface area contributed by atoms with Crippen LogP contribution in [0.5, 0.6) is 0 Å². The van der Waals surface area contributed by atoms with Crippen LogP contribution in [0.15, 0.2) is 30.3 Å². The average Bonchev–Trinajstić information content (AvgIpc) is 2.77. The number of amides is 1. The van der Waals surface area contributed by atoms with Crippen LogP contribution in [0.4, 0.5) is 9.59 Å². The van der Waals surface area contributed by atoms with E-state index < -0.39 is 32.5 Å². The number of carbonyl (C=O) groups is 2. The lowest BCUT2D eigenvalue weighted by molar-refractivity contribution is 0.00720. The van der Waals surface area contributed by atoms with E-state index in [1.54, 1.807) is 6.92 Å². The summed E-state index contributed by atoms with van der Waals surface area (Å²) in [6.07, 6.45) is 2.66. The van der Waals surface area contributed by atoms with Crippen molar-refractivity contribution in [3.05, 3.63) is 35.9 Å². The molecule has 0 aliphatic heterocycles. The van der Waals surface area contributed by atoms with Gasteiger partial charge in [-0.15, -0.1) is 0 Å². The number of ether oxygens (including phenoxy) is 3. The SMILES string of the molecule is CCOC(=O)OCOP(=O)(CC(O)CNC(=O)OCc1ccccc1)CC1CCCCC1. The Hall–Kier alpha value is -2.09. The molecular weight excluding hydrogens is 437 g/mol. The van der Waals surface area contributed by atoms with E-state index in [1.807, 2.05) is 30.3 Å². The predicted octanol–water partition coefficient (Wildman–Crippen LogP) is 4.28. The molecule has 1 aromatic rings. The van der Waals surface area contributed by atoms with Gasteiger partial charge in [0.15, 0.2) is 0 Å². The van der Waals surface area contributed by atoms with Crippen LogP contribution in [0.25, 0.3) is 0 Å². The fourth-order valence-corrected chi connectivity index (χ4v) is 6.16. The second-order valence-corrected chi connectivity index (χ2v) is 10.5. The highest BCUT2D eigenvalue weighted by molar-refractivity contribution is 7.59. The van der Waals surface area contributed by atoms with Crippen LogP contribution >= 0.6 is 7.37 Å². The summed E-state index contributed by atoms with van der Waals surface area (Å²) in [5.74, 6) is 0.230. The molecule has 2 rings (SSSR count). The molecule has 0 aromatic heterocycles. The Kier molecular flexibility index (Phi) is 11.6. The van der Waals surface area contributed by atoms with Crippen molar-refractivity contribution in [3.8, 4) is 0 Å². The third-order valence-corrected chi connectivity index (χ3v) is 7.80. The molecule has 2 N–H and O–H groups in total. The van der Waals surface area contributed by atoms with Gasteiger partial charge in [0, 0.05) is 12.7 Å². The topological polar surface area (TPSA) is 120 Å². The molecule has 0 saturated heterocycles. The molecule has 1 fully saturated rings. The second-order valence-electron chi connectivity index (χ2n) is 7.85. The van der Waals surface area contributed by atoms with Crippen LogP contribution in [0.3, 0.4) is 0 Å². The molecule has 2 unspecified atom stereocenters. The first-order chi connectivity index (χ1) is 15.4. The number of carbonyl (C=O) groups excluding carboxylic acids is 2. The maximum Gasteiger partial charge on any atom is 0.510 e. The lowest BCUT2D eigenvalue weighted by Crippen LogP contribution is -2.35. The predicted molar refractivity (Wildman–Crippen MR) is 119 cm³/mol. The molecule has 10 heteroatoms. The minimum Gasteiger partial charge on any atom is -0.445 e. The molecule has 1 aliphatic rings. The van der Waals surface area contributed by atoms with Crippen molar-refractivity contribution in [2.24, 2.45) is 5.92 Å². The smallest absolute Gasteiger partial charge is 0.445 e. The van der Waals surface area contributed by atoms with Crippen molar-refractivity contribution in [2.45, 2.75) is 51.7 Å². The summed E-state index contributed by atoms with van der Waals surface area (Å²) < 4.78 is 33.5. The van der Waals surface area contributed by atoms with Crippen LogP contribution in [0.2, 0.25) is 0 Å². The van der Waals surface area contributed by atoms with Crippen molar-refractivity contribution in [3.63, 3.8) is 0 Å². The summed E-state index contributed by atoms with van der Waals surface area (Å²) in [7, 11) is -3.32. The minimum absolute atomic E-state index is 0.108. The van der Waals surface area contributed by atoms with Gasteiger partial charge in [0.25, 0.3) is 0 Å². The first-order valence-corrected chi connectivity index (χ1v) is 13.0. The lowest BCUT2D eigenvalue weighted by Gasteiger charge is -2.28. The molecule has 1 amide bonds. The van der Waals surface area contributed by atoms with Gasteiger partial charge in [-0.25, -0.2) is 9.59 Å². The summed E-state index contributed by atoms with van der Waals surface area (Å²) in [5.41, 5.74) is 0.843. The molecule has 1 aromatic carbocycles. The van der Waals surface area contributed by atoms with Crippen LogP contribution < -0.4 is 5.32 Å². The Balaban J connectivity index is 1.82. The Morgan fingerprint density at radius 2 is 1.84 bits per heavy atom. The van der Waals surface area contributed by atoms with Gasteiger partial charge in [0.2, 0.25) is 14.2 Å². The maximum absolute atomic E-state index is 13.4. The van der Waals surface area contributed by atoms with E-state index >= 15 is 0 Å². The van der Waals surface area contributed by atoms with Gasteiger partial charge in [-0.3, -0.25) is 9.09 Å². The molecule has 180 valence electrons. The van der Waals surface area contributed by atoms with Gasteiger partial charge in [-0.1, -0.05) is 49.6 Å². The number of aliphatic hydroxyl groups excluding tert-OH is 1. The summed E-state index contributed by atoms with van der Waals surface area (Å²) in [5, 5.41) is 12.9.